The van der Waals surface area contributed by atoms with E-state index in [1.54, 1.807) is 25.1 Å². The van der Waals surface area contributed by atoms with Gasteiger partial charge in [0, 0.05) is 22.1 Å². The van der Waals surface area contributed by atoms with Gasteiger partial charge in [-0.15, -0.1) is 0 Å². The molecule has 1 saturated heterocycles. The largest absolute Gasteiger partial charge is 0.437 e. The fourth-order valence-electron chi connectivity index (χ4n) is 5.68. The van der Waals surface area contributed by atoms with Gasteiger partial charge in [-0.25, -0.2) is 14.6 Å². The van der Waals surface area contributed by atoms with Crippen molar-refractivity contribution in [3.8, 4) is 0 Å². The Morgan fingerprint density at radius 3 is 2.58 bits per heavy atom. The molecule has 0 radical (unpaired) electrons. The summed E-state index contributed by atoms with van der Waals surface area (Å²) in [5, 5.41) is 4.72. The molecule has 36 heavy (non-hydrogen) atoms. The van der Waals surface area contributed by atoms with E-state index in [0.29, 0.717) is 39.3 Å². The van der Waals surface area contributed by atoms with Crippen LogP contribution in [0.5, 0.6) is 0 Å². The number of nitrogens with zero attached hydrogens (tertiary/aromatic N) is 5. The monoisotopic (exact) mass is 537 g/mol. The Kier molecular flexibility index (Phi) is 6.81. The van der Waals surface area contributed by atoms with Crippen molar-refractivity contribution in [2.75, 3.05) is 6.54 Å². The number of rotatable bonds is 4. The Morgan fingerprint density at radius 2 is 1.94 bits per heavy atom. The van der Waals surface area contributed by atoms with Gasteiger partial charge in [-0.1, -0.05) is 42.3 Å². The van der Waals surface area contributed by atoms with Gasteiger partial charge in [0.05, 0.1) is 17.9 Å². The Hall–Kier alpha value is -2.16. The summed E-state index contributed by atoms with van der Waals surface area (Å²) >= 11 is 12.4. The molecule has 0 N–H and O–H groups in total. The van der Waals surface area contributed by atoms with Crippen molar-refractivity contribution in [3.05, 3.63) is 57.5 Å². The first kappa shape index (κ1) is 25.5. The van der Waals surface area contributed by atoms with Crippen molar-refractivity contribution < 1.29 is 13.2 Å². The van der Waals surface area contributed by atoms with E-state index in [1.807, 2.05) is 0 Å². The van der Waals surface area contributed by atoms with Crippen molar-refractivity contribution in [1.82, 2.24) is 24.6 Å². The van der Waals surface area contributed by atoms with Gasteiger partial charge in [0.15, 0.2) is 11.3 Å². The lowest BCUT2D eigenvalue weighted by atomic mass is 9.83. The number of benzene rings is 1. The zero-order chi connectivity index (χ0) is 25.8. The molecule has 1 aliphatic heterocycles. The van der Waals surface area contributed by atoms with E-state index in [1.165, 1.54) is 23.7 Å². The molecule has 0 bridgehead atoms. The maximum atomic E-state index is 13.9. The van der Waals surface area contributed by atoms with E-state index in [2.05, 4.69) is 39.9 Å². The third kappa shape index (κ3) is 4.63. The Labute approximate surface area is 218 Å². The average molecular weight is 538 g/mol. The van der Waals surface area contributed by atoms with E-state index in [0.717, 1.165) is 25.0 Å². The fourth-order valence-corrected chi connectivity index (χ4v) is 6.24. The van der Waals surface area contributed by atoms with Crippen LogP contribution in [0.15, 0.2) is 30.5 Å². The highest BCUT2D eigenvalue weighted by molar-refractivity contribution is 6.35. The van der Waals surface area contributed by atoms with Crippen LogP contribution in [0.2, 0.25) is 10.0 Å². The van der Waals surface area contributed by atoms with Gasteiger partial charge in [0.25, 0.3) is 0 Å². The highest BCUT2D eigenvalue weighted by Crippen LogP contribution is 2.39. The maximum Gasteiger partial charge on any atom is 0.437 e. The number of likely N-dealkylation sites (tertiary alicyclic amines) is 1. The maximum absolute atomic E-state index is 13.9. The second-order valence-corrected chi connectivity index (χ2v) is 10.8. The molecular formula is C26H28Cl2F3N5. The van der Waals surface area contributed by atoms with Crippen LogP contribution in [0.25, 0.3) is 16.7 Å². The smallest absolute Gasteiger partial charge is 0.297 e. The van der Waals surface area contributed by atoms with Crippen LogP contribution in [0.1, 0.15) is 69.4 Å². The number of hydrogen-bond acceptors (Lipinski definition) is 4. The number of fused-ring (bicyclic) bond motifs is 1. The van der Waals surface area contributed by atoms with Crippen molar-refractivity contribution in [3.63, 3.8) is 0 Å². The first-order chi connectivity index (χ1) is 17.0. The molecule has 4 atom stereocenters. The van der Waals surface area contributed by atoms with Crippen molar-refractivity contribution in [2.45, 2.75) is 70.8 Å². The summed E-state index contributed by atoms with van der Waals surface area (Å²) in [6.07, 6.45) is 3.10. The Bertz CT molecular complexity index is 1320. The van der Waals surface area contributed by atoms with E-state index in [-0.39, 0.29) is 11.2 Å². The molecule has 0 saturated carbocycles. The second kappa shape index (κ2) is 9.62. The molecule has 0 spiro atoms. The normalized spacial score (nSPS) is 24.3. The molecule has 10 heteroatoms. The SMILES string of the molecule is CC1CC(c2cnc3c(C(F)(F)F)nn(C(C)c4ccc(Cl)cc4Cl)c3n2)=CCC1N1CCCC1C. The Morgan fingerprint density at radius 1 is 1.17 bits per heavy atom. The van der Waals surface area contributed by atoms with Crippen LogP contribution in [0.4, 0.5) is 13.2 Å². The zero-order valence-electron chi connectivity index (χ0n) is 20.4. The first-order valence-electron chi connectivity index (χ1n) is 12.3. The number of hydrogen-bond donors (Lipinski definition) is 0. The molecule has 1 fully saturated rings. The topological polar surface area (TPSA) is 46.8 Å². The summed E-state index contributed by atoms with van der Waals surface area (Å²) < 4.78 is 42.8. The van der Waals surface area contributed by atoms with Crippen LogP contribution in [0, 0.1) is 5.92 Å². The van der Waals surface area contributed by atoms with Crippen LogP contribution < -0.4 is 0 Å². The summed E-state index contributed by atoms with van der Waals surface area (Å²) in [4.78, 5) is 11.5. The minimum Gasteiger partial charge on any atom is -0.297 e. The molecule has 3 aromatic rings. The molecule has 5 rings (SSSR count). The summed E-state index contributed by atoms with van der Waals surface area (Å²) in [5.74, 6) is 0.408. The van der Waals surface area contributed by atoms with Gasteiger partial charge < -0.3 is 0 Å². The molecule has 3 heterocycles. The molecule has 0 amide bonds. The van der Waals surface area contributed by atoms with Crippen molar-refractivity contribution in [2.24, 2.45) is 5.92 Å². The standard InChI is InChI=1S/C26H28Cl2F3N5/c1-14-11-17(6-9-22(14)35-10-4-5-15(35)2)21-13-32-23-24(26(29,30)31)34-36(25(23)33-21)16(3)19-8-7-18(27)12-20(19)28/h6-8,12-16,22H,4-5,9-11H2,1-3H3. The lowest BCUT2D eigenvalue weighted by Gasteiger charge is -2.38. The predicted molar refractivity (Wildman–Crippen MR) is 136 cm³/mol. The summed E-state index contributed by atoms with van der Waals surface area (Å²) in [7, 11) is 0. The first-order valence-corrected chi connectivity index (χ1v) is 13.0. The van der Waals surface area contributed by atoms with Crippen LogP contribution >= 0.6 is 23.2 Å². The zero-order valence-corrected chi connectivity index (χ0v) is 21.9. The predicted octanol–water partition coefficient (Wildman–Crippen LogP) is 7.43. The van der Waals surface area contributed by atoms with Crippen LogP contribution in [-0.4, -0.2) is 43.3 Å². The third-order valence-electron chi connectivity index (χ3n) is 7.61. The van der Waals surface area contributed by atoms with Crippen molar-refractivity contribution >= 4 is 39.9 Å². The second-order valence-electron chi connectivity index (χ2n) is 10.0. The number of allylic oxidation sites excluding steroid dienone is 1. The van der Waals surface area contributed by atoms with Gasteiger partial charge in [-0.05, 0) is 75.3 Å². The molecular weight excluding hydrogens is 510 g/mol. The number of aromatic nitrogens is 4. The molecule has 4 unspecified atom stereocenters. The molecule has 192 valence electrons. The summed E-state index contributed by atoms with van der Waals surface area (Å²) in [5.41, 5.74) is 0.964. The van der Waals surface area contributed by atoms with Gasteiger partial charge >= 0.3 is 6.18 Å². The molecule has 1 aromatic carbocycles. The highest BCUT2D eigenvalue weighted by Gasteiger charge is 2.39. The quantitative estimate of drug-likeness (QED) is 0.347. The minimum absolute atomic E-state index is 0.0854. The summed E-state index contributed by atoms with van der Waals surface area (Å²) in [6.45, 7) is 7.38. The fraction of sp³-hybridized carbons (Fsp3) is 0.500. The lowest BCUT2D eigenvalue weighted by molar-refractivity contribution is -0.140. The van der Waals surface area contributed by atoms with Crippen LogP contribution in [-0.2, 0) is 6.18 Å². The van der Waals surface area contributed by atoms with E-state index in [4.69, 9.17) is 23.2 Å². The van der Waals surface area contributed by atoms with E-state index >= 15 is 0 Å². The van der Waals surface area contributed by atoms with E-state index < -0.39 is 17.9 Å². The average Bonchev–Trinajstić information content (AvgIpc) is 3.41. The van der Waals surface area contributed by atoms with Gasteiger partial charge in [-0.3, -0.25) is 4.90 Å². The van der Waals surface area contributed by atoms with Crippen molar-refractivity contribution in [1.29, 1.82) is 0 Å². The number of halogens is 5. The van der Waals surface area contributed by atoms with E-state index in [9.17, 15) is 13.2 Å². The van der Waals surface area contributed by atoms with Gasteiger partial charge in [0.2, 0.25) is 0 Å². The van der Waals surface area contributed by atoms with Gasteiger partial charge in [0.1, 0.15) is 5.52 Å². The lowest BCUT2D eigenvalue weighted by Crippen LogP contribution is -2.42. The summed E-state index contributed by atoms with van der Waals surface area (Å²) in [6, 6.07) is 5.35. The third-order valence-corrected chi connectivity index (χ3v) is 8.18. The minimum atomic E-state index is -4.67. The van der Waals surface area contributed by atoms with Crippen LogP contribution in [0.3, 0.4) is 0 Å². The highest BCUT2D eigenvalue weighted by atomic mass is 35.5. The number of alkyl halides is 3. The molecule has 1 aliphatic carbocycles. The Balaban J connectivity index is 1.55. The molecule has 5 nitrogen and oxygen atoms in total. The molecule has 2 aliphatic rings. The van der Waals surface area contributed by atoms with Gasteiger partial charge in [-0.2, -0.15) is 18.3 Å². The molecule has 2 aromatic heterocycles.